The van der Waals surface area contributed by atoms with Crippen LogP contribution in [0.2, 0.25) is 0 Å². The Balaban J connectivity index is 1.40. The molecule has 1 saturated heterocycles. The number of amides is 1. The Morgan fingerprint density at radius 2 is 2.06 bits per heavy atom. The highest BCUT2D eigenvalue weighted by Gasteiger charge is 2.32. The SMILES string of the molecule is CCn1nc2c(c1C(=O)N1CCO[C@H](c3cncc(-c4ccccc4F)n3)C1)CCCC2. The highest BCUT2D eigenvalue weighted by Crippen LogP contribution is 2.28. The van der Waals surface area contributed by atoms with Crippen LogP contribution in [0.4, 0.5) is 4.39 Å². The maximum atomic E-state index is 14.2. The van der Waals surface area contributed by atoms with Crippen LogP contribution in [0.3, 0.4) is 0 Å². The fraction of sp³-hybridized carbons (Fsp3) is 0.417. The lowest BCUT2D eigenvalue weighted by atomic mass is 9.95. The maximum absolute atomic E-state index is 14.2. The molecular formula is C24H26FN5O2. The van der Waals surface area contributed by atoms with Gasteiger partial charge in [-0.15, -0.1) is 0 Å². The number of aromatic nitrogens is 4. The molecule has 3 heterocycles. The first kappa shape index (κ1) is 20.8. The fourth-order valence-corrected chi connectivity index (χ4v) is 4.57. The molecule has 1 fully saturated rings. The van der Waals surface area contributed by atoms with Gasteiger partial charge in [-0.05, 0) is 44.7 Å². The van der Waals surface area contributed by atoms with Gasteiger partial charge in [0.15, 0.2) is 0 Å². The van der Waals surface area contributed by atoms with Gasteiger partial charge in [-0.25, -0.2) is 9.37 Å². The van der Waals surface area contributed by atoms with Gasteiger partial charge in [0.05, 0.1) is 42.6 Å². The molecule has 32 heavy (non-hydrogen) atoms. The summed E-state index contributed by atoms with van der Waals surface area (Å²) in [5.74, 6) is -0.355. The number of aryl methyl sites for hydroxylation is 2. The van der Waals surface area contributed by atoms with E-state index in [-0.39, 0.29) is 11.7 Å². The molecule has 7 nitrogen and oxygen atoms in total. The zero-order valence-corrected chi connectivity index (χ0v) is 18.1. The smallest absolute Gasteiger partial charge is 0.272 e. The lowest BCUT2D eigenvalue weighted by molar-refractivity contribution is -0.0252. The molecule has 1 amide bonds. The van der Waals surface area contributed by atoms with Crippen molar-refractivity contribution in [2.24, 2.45) is 0 Å². The van der Waals surface area contributed by atoms with Crippen molar-refractivity contribution in [3.63, 3.8) is 0 Å². The van der Waals surface area contributed by atoms with Crippen molar-refractivity contribution in [1.29, 1.82) is 0 Å². The molecule has 2 aliphatic rings. The van der Waals surface area contributed by atoms with E-state index in [0.29, 0.717) is 48.9 Å². The highest BCUT2D eigenvalue weighted by molar-refractivity contribution is 5.94. The minimum atomic E-state index is -0.416. The largest absolute Gasteiger partial charge is 0.368 e. The van der Waals surface area contributed by atoms with Gasteiger partial charge in [0.25, 0.3) is 5.91 Å². The molecule has 0 unspecified atom stereocenters. The summed E-state index contributed by atoms with van der Waals surface area (Å²) in [5.41, 5.74) is 4.32. The number of benzene rings is 1. The van der Waals surface area contributed by atoms with Crippen molar-refractivity contribution in [1.82, 2.24) is 24.6 Å². The Bertz CT molecular complexity index is 1150. The molecule has 1 aliphatic carbocycles. The average Bonchev–Trinajstić information content (AvgIpc) is 3.23. The Labute approximate surface area is 186 Å². The number of hydrogen-bond donors (Lipinski definition) is 0. The first-order valence-corrected chi connectivity index (χ1v) is 11.2. The fourth-order valence-electron chi connectivity index (χ4n) is 4.57. The normalized spacial score (nSPS) is 18.4. The van der Waals surface area contributed by atoms with Crippen LogP contribution in [-0.4, -0.2) is 50.3 Å². The maximum Gasteiger partial charge on any atom is 0.272 e. The Kier molecular flexibility index (Phi) is 5.70. The molecule has 1 aromatic carbocycles. The van der Waals surface area contributed by atoms with Gasteiger partial charge in [-0.2, -0.15) is 5.10 Å². The van der Waals surface area contributed by atoms with Gasteiger partial charge in [-0.1, -0.05) is 12.1 Å². The zero-order valence-electron chi connectivity index (χ0n) is 18.1. The number of morpholine rings is 1. The molecule has 8 heteroatoms. The number of ether oxygens (including phenoxy) is 1. The van der Waals surface area contributed by atoms with Crippen LogP contribution >= 0.6 is 0 Å². The number of nitrogens with zero attached hydrogens (tertiary/aromatic N) is 5. The molecule has 3 aromatic rings. The third-order valence-electron chi connectivity index (χ3n) is 6.21. The van der Waals surface area contributed by atoms with E-state index in [9.17, 15) is 9.18 Å². The van der Waals surface area contributed by atoms with Crippen molar-refractivity contribution in [2.75, 3.05) is 19.7 Å². The van der Waals surface area contributed by atoms with E-state index in [1.807, 2.05) is 16.5 Å². The highest BCUT2D eigenvalue weighted by atomic mass is 19.1. The van der Waals surface area contributed by atoms with Gasteiger partial charge < -0.3 is 9.64 Å². The molecule has 0 radical (unpaired) electrons. The van der Waals surface area contributed by atoms with Gasteiger partial charge in [0, 0.05) is 24.2 Å². The van der Waals surface area contributed by atoms with Crippen LogP contribution in [-0.2, 0) is 24.1 Å². The van der Waals surface area contributed by atoms with Crippen molar-refractivity contribution in [3.8, 4) is 11.3 Å². The van der Waals surface area contributed by atoms with Crippen LogP contribution in [0.5, 0.6) is 0 Å². The number of carbonyl (C=O) groups is 1. The predicted octanol–water partition coefficient (Wildman–Crippen LogP) is 3.59. The third kappa shape index (κ3) is 3.79. The topological polar surface area (TPSA) is 73.1 Å². The molecule has 0 N–H and O–H groups in total. The Morgan fingerprint density at radius 1 is 1.22 bits per heavy atom. The molecule has 5 rings (SSSR count). The van der Waals surface area contributed by atoms with Gasteiger partial charge in [-0.3, -0.25) is 14.5 Å². The second-order valence-corrected chi connectivity index (χ2v) is 8.22. The summed E-state index contributed by atoms with van der Waals surface area (Å²) in [5, 5.41) is 4.70. The minimum Gasteiger partial charge on any atom is -0.368 e. The van der Waals surface area contributed by atoms with Crippen LogP contribution < -0.4 is 0 Å². The van der Waals surface area contributed by atoms with Crippen molar-refractivity contribution >= 4 is 5.91 Å². The van der Waals surface area contributed by atoms with E-state index in [2.05, 4.69) is 9.97 Å². The molecule has 2 aromatic heterocycles. The van der Waals surface area contributed by atoms with E-state index >= 15 is 0 Å². The zero-order chi connectivity index (χ0) is 22.1. The van der Waals surface area contributed by atoms with Gasteiger partial charge in [0.2, 0.25) is 0 Å². The third-order valence-corrected chi connectivity index (χ3v) is 6.21. The number of fused-ring (bicyclic) bond motifs is 1. The number of halogens is 1. The Hall–Kier alpha value is -3.13. The molecule has 1 atom stereocenters. The lowest BCUT2D eigenvalue weighted by Gasteiger charge is -2.33. The second kappa shape index (κ2) is 8.78. The quantitative estimate of drug-likeness (QED) is 0.626. The molecule has 0 spiro atoms. The van der Waals surface area contributed by atoms with E-state index in [1.165, 1.54) is 6.07 Å². The summed E-state index contributed by atoms with van der Waals surface area (Å²) in [7, 11) is 0. The molecular weight excluding hydrogens is 409 g/mol. The second-order valence-electron chi connectivity index (χ2n) is 8.22. The van der Waals surface area contributed by atoms with Crippen LogP contribution in [0.25, 0.3) is 11.3 Å². The summed E-state index contributed by atoms with van der Waals surface area (Å²) in [6.07, 6.45) is 6.81. The lowest BCUT2D eigenvalue weighted by Crippen LogP contribution is -2.43. The first-order valence-electron chi connectivity index (χ1n) is 11.2. The predicted molar refractivity (Wildman–Crippen MR) is 117 cm³/mol. The number of carbonyl (C=O) groups excluding carboxylic acids is 1. The van der Waals surface area contributed by atoms with Crippen LogP contribution in [0.1, 0.15) is 53.3 Å². The molecule has 1 aliphatic heterocycles. The Morgan fingerprint density at radius 3 is 2.91 bits per heavy atom. The summed E-state index contributed by atoms with van der Waals surface area (Å²) in [6.45, 7) is 3.97. The van der Waals surface area contributed by atoms with Crippen LogP contribution in [0.15, 0.2) is 36.7 Å². The number of hydrogen-bond acceptors (Lipinski definition) is 5. The first-order chi connectivity index (χ1) is 15.7. The minimum absolute atomic E-state index is 0.00554. The van der Waals surface area contributed by atoms with Crippen molar-refractivity contribution < 1.29 is 13.9 Å². The monoisotopic (exact) mass is 435 g/mol. The van der Waals surface area contributed by atoms with E-state index in [1.54, 1.807) is 30.6 Å². The molecule has 166 valence electrons. The number of rotatable bonds is 4. The van der Waals surface area contributed by atoms with Gasteiger partial charge >= 0.3 is 0 Å². The van der Waals surface area contributed by atoms with Crippen molar-refractivity contribution in [3.05, 3.63) is 65.1 Å². The van der Waals surface area contributed by atoms with Crippen molar-refractivity contribution in [2.45, 2.75) is 45.3 Å². The van der Waals surface area contributed by atoms with Gasteiger partial charge in [0.1, 0.15) is 17.6 Å². The molecule has 0 bridgehead atoms. The van der Waals surface area contributed by atoms with Crippen LogP contribution in [0, 0.1) is 5.82 Å². The summed E-state index contributed by atoms with van der Waals surface area (Å²) >= 11 is 0. The summed E-state index contributed by atoms with van der Waals surface area (Å²) in [6, 6.07) is 6.49. The van der Waals surface area contributed by atoms with E-state index in [4.69, 9.17) is 9.84 Å². The standard InChI is InChI=1S/C24H26FN5O2/c1-2-30-23(17-8-4-6-10-19(17)28-30)24(31)29-11-12-32-22(15-29)21-14-26-13-20(27-21)16-7-3-5-9-18(16)25/h3,5,7,9,13-14,22H,2,4,6,8,10-12,15H2,1H3/t22-/m0/s1. The summed E-state index contributed by atoms with van der Waals surface area (Å²) in [4.78, 5) is 24.2. The van der Waals surface area contributed by atoms with E-state index in [0.717, 1.165) is 36.9 Å². The average molecular weight is 436 g/mol. The molecule has 0 saturated carbocycles. The van der Waals surface area contributed by atoms with E-state index < -0.39 is 6.10 Å². The summed E-state index contributed by atoms with van der Waals surface area (Å²) < 4.78 is 22.0.